The molecule has 170 valence electrons. The largest absolute Gasteiger partial charge is 0.481 e. The lowest BCUT2D eigenvalue weighted by Crippen LogP contribution is -2.52. The van der Waals surface area contributed by atoms with Crippen molar-refractivity contribution in [2.75, 3.05) is 18.4 Å². The monoisotopic (exact) mass is 439 g/mol. The summed E-state index contributed by atoms with van der Waals surface area (Å²) in [5.41, 5.74) is 7.80. The number of rotatable bonds is 8. The Hall–Kier alpha value is -3.62. The van der Waals surface area contributed by atoms with E-state index in [1.807, 2.05) is 43.3 Å². The van der Waals surface area contributed by atoms with Gasteiger partial charge in [-0.05, 0) is 48.9 Å². The highest BCUT2D eigenvalue weighted by Crippen LogP contribution is 2.32. The summed E-state index contributed by atoms with van der Waals surface area (Å²) in [5, 5.41) is 12.5. The summed E-state index contributed by atoms with van der Waals surface area (Å²) in [6, 6.07) is 10.3. The number of hydrogen-bond donors (Lipinski definition) is 4. The highest BCUT2D eigenvalue weighted by molar-refractivity contribution is 5.82. The summed E-state index contributed by atoms with van der Waals surface area (Å²) in [6.07, 6.45) is 3.87. The zero-order valence-corrected chi connectivity index (χ0v) is 18.1. The van der Waals surface area contributed by atoms with Crippen LogP contribution in [-0.2, 0) is 16.0 Å². The summed E-state index contributed by atoms with van der Waals surface area (Å²) >= 11 is 0. The number of hydrogen-bond acceptors (Lipinski definition) is 5. The number of hydrazine groups is 1. The molecule has 0 saturated carbocycles. The SMILES string of the molecule is Cc1cccnc1NCCCCC(=O)NNC(=O)N1CCc2ccccc2C1CC(=O)O. The summed E-state index contributed by atoms with van der Waals surface area (Å²) in [5.74, 6) is -0.439. The van der Waals surface area contributed by atoms with Crippen LogP contribution < -0.4 is 16.2 Å². The molecule has 0 saturated heterocycles. The van der Waals surface area contributed by atoms with E-state index >= 15 is 0 Å². The number of carbonyl (C=O) groups excluding carboxylic acids is 2. The van der Waals surface area contributed by atoms with E-state index < -0.39 is 18.0 Å². The number of unbranched alkanes of at least 4 members (excludes halogenated alkanes) is 1. The number of nitrogens with zero attached hydrogens (tertiary/aromatic N) is 2. The van der Waals surface area contributed by atoms with Gasteiger partial charge in [0.25, 0.3) is 0 Å². The number of anilines is 1. The molecule has 1 unspecified atom stereocenters. The topological polar surface area (TPSA) is 124 Å². The van der Waals surface area contributed by atoms with Gasteiger partial charge < -0.3 is 15.3 Å². The Morgan fingerprint density at radius 2 is 1.94 bits per heavy atom. The second kappa shape index (κ2) is 11.1. The zero-order chi connectivity index (χ0) is 22.9. The Bertz CT molecular complexity index is 965. The van der Waals surface area contributed by atoms with Crippen LogP contribution >= 0.6 is 0 Å². The lowest BCUT2D eigenvalue weighted by molar-refractivity contribution is -0.138. The number of aliphatic carboxylic acids is 1. The molecule has 1 aromatic carbocycles. The van der Waals surface area contributed by atoms with Crippen LogP contribution in [0.3, 0.4) is 0 Å². The molecule has 9 nitrogen and oxygen atoms in total. The quantitative estimate of drug-likeness (QED) is 0.370. The average molecular weight is 440 g/mol. The van der Waals surface area contributed by atoms with Crippen LogP contribution in [0.2, 0.25) is 0 Å². The first-order valence-electron chi connectivity index (χ1n) is 10.8. The number of pyridine rings is 1. The fourth-order valence-electron chi connectivity index (χ4n) is 3.83. The Labute approximate surface area is 187 Å². The molecule has 3 amide bonds. The van der Waals surface area contributed by atoms with Crippen molar-refractivity contribution in [2.45, 2.75) is 45.1 Å². The molecule has 0 fully saturated rings. The van der Waals surface area contributed by atoms with Crippen LogP contribution in [0, 0.1) is 6.92 Å². The Morgan fingerprint density at radius 1 is 1.12 bits per heavy atom. The fourth-order valence-corrected chi connectivity index (χ4v) is 3.83. The first-order chi connectivity index (χ1) is 15.5. The van der Waals surface area contributed by atoms with Crippen molar-refractivity contribution in [3.63, 3.8) is 0 Å². The number of benzene rings is 1. The molecule has 1 aromatic heterocycles. The Balaban J connectivity index is 1.42. The van der Waals surface area contributed by atoms with E-state index in [2.05, 4.69) is 21.2 Å². The maximum atomic E-state index is 12.7. The molecular weight excluding hydrogens is 410 g/mol. The zero-order valence-electron chi connectivity index (χ0n) is 18.1. The molecule has 9 heteroatoms. The molecule has 0 aliphatic carbocycles. The maximum Gasteiger partial charge on any atom is 0.336 e. The van der Waals surface area contributed by atoms with Gasteiger partial charge in [-0.1, -0.05) is 30.3 Å². The third-order valence-electron chi connectivity index (χ3n) is 5.48. The van der Waals surface area contributed by atoms with Crippen LogP contribution in [0.15, 0.2) is 42.6 Å². The lowest BCUT2D eigenvalue weighted by Gasteiger charge is -2.36. The van der Waals surface area contributed by atoms with Gasteiger partial charge >= 0.3 is 12.0 Å². The highest BCUT2D eigenvalue weighted by Gasteiger charge is 2.32. The minimum absolute atomic E-state index is 0.193. The van der Waals surface area contributed by atoms with E-state index in [0.29, 0.717) is 25.9 Å². The van der Waals surface area contributed by atoms with Crippen LogP contribution in [-0.4, -0.2) is 46.0 Å². The molecule has 0 bridgehead atoms. The van der Waals surface area contributed by atoms with E-state index in [0.717, 1.165) is 28.9 Å². The molecule has 2 aromatic rings. The van der Waals surface area contributed by atoms with Gasteiger partial charge in [-0.15, -0.1) is 0 Å². The van der Waals surface area contributed by atoms with E-state index in [9.17, 15) is 19.5 Å². The smallest absolute Gasteiger partial charge is 0.336 e. The third kappa shape index (κ3) is 6.19. The predicted octanol–water partition coefficient (Wildman–Crippen LogP) is 2.79. The summed E-state index contributed by atoms with van der Waals surface area (Å²) in [7, 11) is 0. The van der Waals surface area contributed by atoms with Crippen LogP contribution in [0.5, 0.6) is 0 Å². The molecule has 0 radical (unpaired) electrons. The molecule has 0 spiro atoms. The fraction of sp³-hybridized carbons (Fsp3) is 0.391. The second-order valence-electron chi connectivity index (χ2n) is 7.79. The van der Waals surface area contributed by atoms with Gasteiger partial charge in [0.05, 0.1) is 12.5 Å². The predicted molar refractivity (Wildman–Crippen MR) is 120 cm³/mol. The minimum Gasteiger partial charge on any atom is -0.481 e. The van der Waals surface area contributed by atoms with Gasteiger partial charge in [0.2, 0.25) is 5.91 Å². The number of nitrogens with one attached hydrogen (secondary N) is 3. The molecule has 4 N–H and O–H groups in total. The normalized spacial score (nSPS) is 14.9. The number of carbonyl (C=O) groups is 3. The van der Waals surface area contributed by atoms with Gasteiger partial charge in [0, 0.05) is 25.7 Å². The van der Waals surface area contributed by atoms with E-state index in [4.69, 9.17) is 0 Å². The van der Waals surface area contributed by atoms with Crippen molar-refractivity contribution in [1.29, 1.82) is 0 Å². The van der Waals surface area contributed by atoms with Gasteiger partial charge in [0.1, 0.15) is 5.82 Å². The van der Waals surface area contributed by atoms with Gasteiger partial charge in [-0.25, -0.2) is 15.2 Å². The maximum absolute atomic E-state index is 12.7. The molecule has 1 atom stereocenters. The molecule has 3 rings (SSSR count). The van der Waals surface area contributed by atoms with Crippen molar-refractivity contribution in [1.82, 2.24) is 20.7 Å². The highest BCUT2D eigenvalue weighted by atomic mass is 16.4. The Kier molecular flexibility index (Phi) is 8.02. The van der Waals surface area contributed by atoms with Crippen LogP contribution in [0.25, 0.3) is 0 Å². The standard InChI is InChI=1S/C23H29N5O4/c1-16-7-6-13-25-22(16)24-12-5-4-10-20(29)26-27-23(32)28-14-11-17-8-2-3-9-18(17)19(28)15-21(30)31/h2-3,6-9,13,19H,4-5,10-12,14-15H2,1H3,(H,24,25)(H,26,29)(H,27,32)(H,30,31). The van der Waals surface area contributed by atoms with Crippen LogP contribution in [0.4, 0.5) is 10.6 Å². The van der Waals surface area contributed by atoms with Crippen LogP contribution in [0.1, 0.15) is 48.4 Å². The number of carboxylic acids is 1. The van der Waals surface area contributed by atoms with Crippen molar-refractivity contribution in [3.05, 3.63) is 59.3 Å². The Morgan fingerprint density at radius 3 is 2.72 bits per heavy atom. The van der Waals surface area contributed by atoms with Gasteiger partial charge in [-0.2, -0.15) is 0 Å². The number of aromatic nitrogens is 1. The summed E-state index contributed by atoms with van der Waals surface area (Å²) < 4.78 is 0. The number of fused-ring (bicyclic) bond motifs is 1. The van der Waals surface area contributed by atoms with Crippen molar-refractivity contribution < 1.29 is 19.5 Å². The second-order valence-corrected chi connectivity index (χ2v) is 7.79. The lowest BCUT2D eigenvalue weighted by atomic mass is 9.91. The molecule has 2 heterocycles. The van der Waals surface area contributed by atoms with E-state index in [-0.39, 0.29) is 18.7 Å². The first kappa shape index (κ1) is 23.1. The number of aryl methyl sites for hydroxylation is 1. The number of carboxylic acid groups (broad SMARTS) is 1. The molecular formula is C23H29N5O4. The molecule has 1 aliphatic rings. The third-order valence-corrected chi connectivity index (χ3v) is 5.48. The van der Waals surface area contributed by atoms with Gasteiger partial charge in [-0.3, -0.25) is 15.0 Å². The van der Waals surface area contributed by atoms with E-state index in [1.54, 1.807) is 6.20 Å². The number of amides is 3. The van der Waals surface area contributed by atoms with Crippen molar-refractivity contribution in [2.24, 2.45) is 0 Å². The van der Waals surface area contributed by atoms with Crippen molar-refractivity contribution >= 4 is 23.7 Å². The molecule has 1 aliphatic heterocycles. The minimum atomic E-state index is -0.983. The summed E-state index contributed by atoms with van der Waals surface area (Å²) in [6.45, 7) is 3.06. The van der Waals surface area contributed by atoms with E-state index in [1.165, 1.54) is 4.90 Å². The van der Waals surface area contributed by atoms with Crippen molar-refractivity contribution in [3.8, 4) is 0 Å². The van der Waals surface area contributed by atoms with Gasteiger partial charge in [0.15, 0.2) is 0 Å². The molecule has 32 heavy (non-hydrogen) atoms. The summed E-state index contributed by atoms with van der Waals surface area (Å²) in [4.78, 5) is 41.8. The number of urea groups is 1. The first-order valence-corrected chi connectivity index (χ1v) is 10.8. The average Bonchev–Trinajstić information content (AvgIpc) is 2.78.